The predicted molar refractivity (Wildman–Crippen MR) is 95.2 cm³/mol. The number of ether oxygens (including phenoxy) is 2. The van der Waals surface area contributed by atoms with Gasteiger partial charge in [-0.2, -0.15) is 5.10 Å². The fourth-order valence-corrected chi connectivity index (χ4v) is 3.50. The van der Waals surface area contributed by atoms with Crippen molar-refractivity contribution in [1.29, 1.82) is 0 Å². The van der Waals surface area contributed by atoms with E-state index < -0.39 is 0 Å². The second kappa shape index (κ2) is 9.46. The van der Waals surface area contributed by atoms with Gasteiger partial charge in [-0.25, -0.2) is 14.6 Å². The Balaban J connectivity index is 2.36. The summed E-state index contributed by atoms with van der Waals surface area (Å²) in [5.74, 6) is 1.91. The zero-order valence-electron chi connectivity index (χ0n) is 14.1. The Morgan fingerprint density at radius 3 is 2.35 bits per heavy atom. The van der Waals surface area contributed by atoms with Crippen LogP contribution in [-0.4, -0.2) is 50.8 Å². The molecule has 0 aliphatic heterocycles. The van der Waals surface area contributed by atoms with Gasteiger partial charge >= 0.3 is 0 Å². The number of aromatic nitrogens is 4. The summed E-state index contributed by atoms with van der Waals surface area (Å²) < 4.78 is 13.1. The van der Waals surface area contributed by atoms with Crippen LogP contribution in [0.15, 0.2) is 16.4 Å². The first-order chi connectivity index (χ1) is 11.2. The van der Waals surface area contributed by atoms with E-state index in [9.17, 15) is 0 Å². The molecule has 0 aliphatic carbocycles. The first-order valence-corrected chi connectivity index (χ1v) is 9.92. The van der Waals surface area contributed by atoms with E-state index in [2.05, 4.69) is 28.9 Å². The lowest BCUT2D eigenvalue weighted by molar-refractivity contribution is -0.144. The maximum Gasteiger partial charge on any atom is 0.190 e. The third-order valence-electron chi connectivity index (χ3n) is 3.02. The van der Waals surface area contributed by atoms with Crippen LogP contribution >= 0.6 is 23.5 Å². The van der Waals surface area contributed by atoms with Crippen molar-refractivity contribution in [3.8, 4) is 0 Å². The van der Waals surface area contributed by atoms with E-state index in [-0.39, 0.29) is 6.29 Å². The Morgan fingerprint density at radius 1 is 1.04 bits per heavy atom. The van der Waals surface area contributed by atoms with Gasteiger partial charge in [-0.05, 0) is 25.4 Å². The Morgan fingerprint density at radius 2 is 1.74 bits per heavy atom. The van der Waals surface area contributed by atoms with Crippen LogP contribution in [-0.2, 0) is 16.0 Å². The first-order valence-electron chi connectivity index (χ1n) is 7.95. The van der Waals surface area contributed by atoms with Crippen LogP contribution in [0.4, 0.5) is 0 Å². The number of hydrogen-bond acceptors (Lipinski definition) is 7. The van der Waals surface area contributed by atoms with E-state index in [1.54, 1.807) is 23.5 Å². The van der Waals surface area contributed by atoms with Crippen molar-refractivity contribution in [2.75, 3.05) is 24.7 Å². The third-order valence-corrected chi connectivity index (χ3v) is 4.63. The highest BCUT2D eigenvalue weighted by Crippen LogP contribution is 2.28. The van der Waals surface area contributed by atoms with Crippen LogP contribution in [0.1, 0.15) is 27.7 Å². The Hall–Kier alpha value is -0.830. The van der Waals surface area contributed by atoms with Gasteiger partial charge in [-0.15, -0.1) is 11.8 Å². The monoisotopic (exact) mass is 356 g/mol. The van der Waals surface area contributed by atoms with E-state index in [1.165, 1.54) is 0 Å². The summed E-state index contributed by atoms with van der Waals surface area (Å²) in [6.45, 7) is 9.87. The van der Waals surface area contributed by atoms with Crippen LogP contribution in [0.2, 0.25) is 0 Å². The molecule has 8 heteroatoms. The van der Waals surface area contributed by atoms with Gasteiger partial charge in [0.25, 0.3) is 0 Å². The number of thioether (sulfide) groups is 2. The van der Waals surface area contributed by atoms with Gasteiger partial charge < -0.3 is 9.47 Å². The standard InChI is InChI=1S/C15H24N4O2S2/c1-5-20-12(21-6-2)10-19-13-11(9-16-19)14(22-7-3)18-15(17-13)23-8-4/h9,12H,5-8,10H2,1-4H3. The fraction of sp³-hybridized carbons (Fsp3) is 0.667. The van der Waals surface area contributed by atoms with Gasteiger partial charge in [-0.1, -0.05) is 25.6 Å². The van der Waals surface area contributed by atoms with Crippen LogP contribution in [0.5, 0.6) is 0 Å². The second-order valence-electron chi connectivity index (χ2n) is 4.58. The van der Waals surface area contributed by atoms with Crippen molar-refractivity contribution in [3.63, 3.8) is 0 Å². The Labute approximate surface area is 145 Å². The van der Waals surface area contributed by atoms with Gasteiger partial charge in [-0.3, -0.25) is 0 Å². The predicted octanol–water partition coefficient (Wildman–Crippen LogP) is 3.45. The fourth-order valence-electron chi connectivity index (χ4n) is 2.15. The summed E-state index contributed by atoms with van der Waals surface area (Å²) in [7, 11) is 0. The lowest BCUT2D eigenvalue weighted by atomic mass is 10.4. The molecule has 2 heterocycles. The molecule has 0 saturated carbocycles. The molecule has 0 atom stereocenters. The molecular weight excluding hydrogens is 332 g/mol. The minimum absolute atomic E-state index is 0.312. The molecule has 2 rings (SSSR count). The average Bonchev–Trinajstić information content (AvgIpc) is 2.92. The zero-order valence-corrected chi connectivity index (χ0v) is 15.7. The maximum atomic E-state index is 5.62. The van der Waals surface area contributed by atoms with E-state index in [0.29, 0.717) is 19.8 Å². The molecule has 23 heavy (non-hydrogen) atoms. The molecule has 128 valence electrons. The number of rotatable bonds is 10. The minimum Gasteiger partial charge on any atom is -0.351 e. The molecular formula is C15H24N4O2S2. The average molecular weight is 357 g/mol. The lowest BCUT2D eigenvalue weighted by Crippen LogP contribution is -2.24. The van der Waals surface area contributed by atoms with Gasteiger partial charge in [0, 0.05) is 13.2 Å². The molecule has 0 N–H and O–H groups in total. The minimum atomic E-state index is -0.312. The molecule has 0 bridgehead atoms. The molecule has 0 aromatic carbocycles. The normalized spacial score (nSPS) is 11.7. The van der Waals surface area contributed by atoms with Crippen LogP contribution in [0, 0.1) is 0 Å². The van der Waals surface area contributed by atoms with E-state index in [0.717, 1.165) is 32.7 Å². The molecule has 6 nitrogen and oxygen atoms in total. The van der Waals surface area contributed by atoms with Gasteiger partial charge in [0.15, 0.2) is 17.1 Å². The third kappa shape index (κ3) is 4.82. The quantitative estimate of drug-likeness (QED) is 0.280. The summed E-state index contributed by atoms with van der Waals surface area (Å²) >= 11 is 3.36. The molecule has 2 aromatic rings. The van der Waals surface area contributed by atoms with Gasteiger partial charge in [0.1, 0.15) is 5.03 Å². The first kappa shape index (κ1) is 18.5. The molecule has 0 aliphatic rings. The Bertz CT molecular complexity index is 615. The van der Waals surface area contributed by atoms with Gasteiger partial charge in [0.2, 0.25) is 0 Å². The molecule has 0 saturated heterocycles. The highest BCUT2D eigenvalue weighted by molar-refractivity contribution is 7.99. The van der Waals surface area contributed by atoms with Crippen LogP contribution in [0.25, 0.3) is 11.0 Å². The largest absolute Gasteiger partial charge is 0.351 e. The second-order valence-corrected chi connectivity index (χ2v) is 7.07. The molecule has 2 aromatic heterocycles. The van der Waals surface area contributed by atoms with E-state index in [4.69, 9.17) is 9.47 Å². The highest BCUT2D eigenvalue weighted by Gasteiger charge is 2.16. The molecule has 0 fully saturated rings. The van der Waals surface area contributed by atoms with Crippen molar-refractivity contribution in [2.24, 2.45) is 0 Å². The van der Waals surface area contributed by atoms with Gasteiger partial charge in [0.05, 0.1) is 18.1 Å². The van der Waals surface area contributed by atoms with E-state index >= 15 is 0 Å². The molecule has 0 amide bonds. The van der Waals surface area contributed by atoms with Crippen molar-refractivity contribution in [2.45, 2.75) is 50.7 Å². The lowest BCUT2D eigenvalue weighted by Gasteiger charge is -2.17. The topological polar surface area (TPSA) is 62.1 Å². The molecule has 0 unspecified atom stereocenters. The van der Waals surface area contributed by atoms with E-state index in [1.807, 2.05) is 24.7 Å². The van der Waals surface area contributed by atoms with Crippen molar-refractivity contribution < 1.29 is 9.47 Å². The highest BCUT2D eigenvalue weighted by atomic mass is 32.2. The summed E-state index contributed by atoms with van der Waals surface area (Å²) in [5, 5.41) is 7.25. The van der Waals surface area contributed by atoms with Crippen LogP contribution < -0.4 is 0 Å². The number of fused-ring (bicyclic) bond motifs is 1. The number of hydrogen-bond donors (Lipinski definition) is 0. The molecule has 0 spiro atoms. The smallest absolute Gasteiger partial charge is 0.190 e. The van der Waals surface area contributed by atoms with Crippen molar-refractivity contribution in [1.82, 2.24) is 19.7 Å². The zero-order chi connectivity index (χ0) is 16.7. The SMILES string of the molecule is CCOC(Cn1ncc2c(SCC)nc(SCC)nc21)OCC. The summed E-state index contributed by atoms with van der Waals surface area (Å²) in [4.78, 5) is 9.31. The maximum absolute atomic E-state index is 5.62. The van der Waals surface area contributed by atoms with Crippen molar-refractivity contribution in [3.05, 3.63) is 6.20 Å². The summed E-state index contributed by atoms with van der Waals surface area (Å²) in [6.07, 6.45) is 1.52. The summed E-state index contributed by atoms with van der Waals surface area (Å²) in [5.41, 5.74) is 0.844. The van der Waals surface area contributed by atoms with Crippen LogP contribution in [0.3, 0.4) is 0 Å². The van der Waals surface area contributed by atoms with Crippen molar-refractivity contribution >= 4 is 34.6 Å². The molecule has 0 radical (unpaired) electrons. The Kier molecular flexibility index (Phi) is 7.61. The number of nitrogens with zero attached hydrogens (tertiary/aromatic N) is 4. The summed E-state index contributed by atoms with van der Waals surface area (Å²) in [6, 6.07) is 0.